The molecule has 7 heteroatoms. The number of nitrogens with zero attached hydrogens (tertiary/aromatic N) is 3. The molecule has 1 heterocycles. The Kier molecular flexibility index (Phi) is 4.78. The lowest BCUT2D eigenvalue weighted by Crippen LogP contribution is -2.21. The maximum absolute atomic E-state index is 12.6. The van der Waals surface area contributed by atoms with Crippen molar-refractivity contribution in [2.45, 2.75) is 26.2 Å². The predicted octanol–water partition coefficient (Wildman–Crippen LogP) is 2.41. The van der Waals surface area contributed by atoms with Crippen LogP contribution in [0.5, 0.6) is 17.5 Å². The average molecular weight is 317 g/mol. The molecule has 1 aromatic heterocycles. The molecule has 0 amide bonds. The summed E-state index contributed by atoms with van der Waals surface area (Å²) in [6.45, 7) is 5.96. The molecular formula is C16H19N3O4. The van der Waals surface area contributed by atoms with E-state index in [1.54, 1.807) is 19.2 Å². The highest BCUT2D eigenvalue weighted by atomic mass is 16.6. The molecule has 122 valence electrons. The molecule has 0 saturated heterocycles. The molecular weight excluding hydrogens is 298 g/mol. The summed E-state index contributed by atoms with van der Waals surface area (Å²) in [7, 11) is 3.05. The van der Waals surface area contributed by atoms with E-state index in [4.69, 9.17) is 14.2 Å². The van der Waals surface area contributed by atoms with Gasteiger partial charge in [0.15, 0.2) is 0 Å². The van der Waals surface area contributed by atoms with Crippen LogP contribution in [0.25, 0.3) is 0 Å². The Balaban J connectivity index is 2.52. The summed E-state index contributed by atoms with van der Waals surface area (Å²) in [6, 6.07) is 3.37. The molecule has 1 aromatic carbocycles. The number of ether oxygens (including phenoxy) is 3. The van der Waals surface area contributed by atoms with Gasteiger partial charge in [-0.25, -0.2) is 9.78 Å². The zero-order valence-corrected chi connectivity index (χ0v) is 13.8. The van der Waals surface area contributed by atoms with Crippen molar-refractivity contribution < 1.29 is 19.0 Å². The summed E-state index contributed by atoms with van der Waals surface area (Å²) in [6.07, 6.45) is 2.51. The van der Waals surface area contributed by atoms with Crippen LogP contribution >= 0.6 is 0 Å². The maximum Gasteiger partial charge on any atom is 0.350 e. The number of rotatable bonds is 4. The summed E-state index contributed by atoms with van der Waals surface area (Å²) >= 11 is 0. The molecule has 0 aliphatic carbocycles. The van der Waals surface area contributed by atoms with E-state index in [0.717, 1.165) is 5.56 Å². The van der Waals surface area contributed by atoms with E-state index in [2.05, 4.69) is 15.0 Å². The molecule has 0 fully saturated rings. The number of methoxy groups -OCH3 is 2. The van der Waals surface area contributed by atoms with Gasteiger partial charge in [-0.05, 0) is 17.0 Å². The number of carbonyl (C=O) groups excluding carboxylic acids is 1. The van der Waals surface area contributed by atoms with Crippen LogP contribution in [-0.4, -0.2) is 35.1 Å². The van der Waals surface area contributed by atoms with Crippen LogP contribution in [0.3, 0.4) is 0 Å². The van der Waals surface area contributed by atoms with Gasteiger partial charge >= 0.3 is 12.0 Å². The normalized spacial score (nSPS) is 11.0. The average Bonchev–Trinajstić information content (AvgIpc) is 2.53. The molecule has 2 aromatic rings. The zero-order valence-electron chi connectivity index (χ0n) is 13.8. The standard InChI is InChI=1S/C16H19N3O4/c1-16(2,3)11-6-10(21-4)7-12(22-5)13(11)14(20)23-15-18-8-17-9-19-15/h6-9H,1-5H3. The quantitative estimate of drug-likeness (QED) is 0.801. The Hall–Kier alpha value is -2.70. The van der Waals surface area contributed by atoms with E-state index in [9.17, 15) is 4.79 Å². The van der Waals surface area contributed by atoms with Crippen LogP contribution in [0, 0.1) is 0 Å². The van der Waals surface area contributed by atoms with Crippen molar-refractivity contribution in [2.75, 3.05) is 14.2 Å². The fourth-order valence-corrected chi connectivity index (χ4v) is 2.09. The van der Waals surface area contributed by atoms with Gasteiger partial charge in [0.1, 0.15) is 29.7 Å². The third-order valence-electron chi connectivity index (χ3n) is 3.20. The minimum atomic E-state index is -0.597. The number of hydrogen-bond donors (Lipinski definition) is 0. The Morgan fingerprint density at radius 3 is 2.22 bits per heavy atom. The van der Waals surface area contributed by atoms with Crippen molar-refractivity contribution >= 4 is 5.97 Å². The molecule has 0 spiro atoms. The Labute approximate surface area is 134 Å². The van der Waals surface area contributed by atoms with Gasteiger partial charge in [-0.2, -0.15) is 9.97 Å². The van der Waals surface area contributed by atoms with Gasteiger partial charge in [0.25, 0.3) is 0 Å². The summed E-state index contributed by atoms with van der Waals surface area (Å²) < 4.78 is 15.9. The van der Waals surface area contributed by atoms with E-state index in [1.165, 1.54) is 19.8 Å². The lowest BCUT2D eigenvalue weighted by Gasteiger charge is -2.24. The highest BCUT2D eigenvalue weighted by Gasteiger charge is 2.28. The first kappa shape index (κ1) is 16.7. The Morgan fingerprint density at radius 1 is 1.04 bits per heavy atom. The van der Waals surface area contributed by atoms with Crippen molar-refractivity contribution in [3.05, 3.63) is 35.9 Å². The third kappa shape index (κ3) is 3.74. The van der Waals surface area contributed by atoms with Crippen LogP contribution < -0.4 is 14.2 Å². The van der Waals surface area contributed by atoms with Crippen molar-refractivity contribution in [1.29, 1.82) is 0 Å². The van der Waals surface area contributed by atoms with Crippen LogP contribution in [0.15, 0.2) is 24.8 Å². The van der Waals surface area contributed by atoms with Gasteiger partial charge in [0.05, 0.1) is 14.2 Å². The highest BCUT2D eigenvalue weighted by molar-refractivity contribution is 5.96. The van der Waals surface area contributed by atoms with E-state index in [0.29, 0.717) is 17.1 Å². The van der Waals surface area contributed by atoms with Crippen LogP contribution in [0.4, 0.5) is 0 Å². The summed E-state index contributed by atoms with van der Waals surface area (Å²) in [5, 5.41) is 0. The van der Waals surface area contributed by atoms with Crippen molar-refractivity contribution in [1.82, 2.24) is 15.0 Å². The topological polar surface area (TPSA) is 83.4 Å². The van der Waals surface area contributed by atoms with Crippen LogP contribution in [0.1, 0.15) is 36.7 Å². The van der Waals surface area contributed by atoms with Gasteiger partial charge in [0, 0.05) is 6.07 Å². The lowest BCUT2D eigenvalue weighted by atomic mass is 9.83. The van der Waals surface area contributed by atoms with E-state index in [-0.39, 0.29) is 11.4 Å². The summed E-state index contributed by atoms with van der Waals surface area (Å²) in [4.78, 5) is 23.9. The molecule has 0 N–H and O–H groups in total. The van der Waals surface area contributed by atoms with E-state index in [1.807, 2.05) is 20.8 Å². The van der Waals surface area contributed by atoms with Crippen molar-refractivity contribution in [3.63, 3.8) is 0 Å². The second kappa shape index (κ2) is 6.60. The highest BCUT2D eigenvalue weighted by Crippen LogP contribution is 2.36. The lowest BCUT2D eigenvalue weighted by molar-refractivity contribution is 0.0712. The smallest absolute Gasteiger partial charge is 0.350 e. The molecule has 0 aliphatic rings. The fourth-order valence-electron chi connectivity index (χ4n) is 2.09. The molecule has 23 heavy (non-hydrogen) atoms. The van der Waals surface area contributed by atoms with E-state index >= 15 is 0 Å². The van der Waals surface area contributed by atoms with Crippen LogP contribution in [-0.2, 0) is 5.41 Å². The first-order valence-electron chi connectivity index (χ1n) is 6.97. The zero-order chi connectivity index (χ0) is 17.0. The number of carbonyl (C=O) groups is 1. The van der Waals surface area contributed by atoms with Gasteiger partial charge in [-0.15, -0.1) is 0 Å². The third-order valence-corrected chi connectivity index (χ3v) is 3.20. The molecule has 0 unspecified atom stereocenters. The maximum atomic E-state index is 12.6. The van der Waals surface area contributed by atoms with Gasteiger partial charge < -0.3 is 14.2 Å². The minimum absolute atomic E-state index is 0.0669. The van der Waals surface area contributed by atoms with Gasteiger partial charge in [-0.3, -0.25) is 0 Å². The summed E-state index contributed by atoms with van der Waals surface area (Å²) in [5.41, 5.74) is 0.740. The fraction of sp³-hybridized carbons (Fsp3) is 0.375. The molecule has 2 rings (SSSR count). The molecule has 0 radical (unpaired) electrons. The first-order chi connectivity index (χ1) is 10.9. The number of benzene rings is 1. The Bertz CT molecular complexity index is 696. The van der Waals surface area contributed by atoms with Crippen molar-refractivity contribution in [3.8, 4) is 17.5 Å². The Morgan fingerprint density at radius 2 is 1.70 bits per heavy atom. The molecule has 0 aliphatic heterocycles. The molecule has 0 bridgehead atoms. The van der Waals surface area contributed by atoms with Crippen LogP contribution in [0.2, 0.25) is 0 Å². The first-order valence-corrected chi connectivity index (χ1v) is 6.97. The van der Waals surface area contributed by atoms with Gasteiger partial charge in [0.2, 0.25) is 0 Å². The SMILES string of the molecule is COc1cc(OC)c(C(=O)Oc2ncncn2)c(C(C)(C)C)c1. The van der Waals surface area contributed by atoms with Gasteiger partial charge in [-0.1, -0.05) is 20.8 Å². The number of esters is 1. The molecule has 0 atom stereocenters. The monoisotopic (exact) mass is 317 g/mol. The number of aromatic nitrogens is 3. The second-order valence-electron chi connectivity index (χ2n) is 5.81. The van der Waals surface area contributed by atoms with E-state index < -0.39 is 5.97 Å². The largest absolute Gasteiger partial charge is 0.497 e. The number of hydrogen-bond acceptors (Lipinski definition) is 7. The summed E-state index contributed by atoms with van der Waals surface area (Å²) in [5.74, 6) is 0.373. The molecule has 7 nitrogen and oxygen atoms in total. The second-order valence-corrected chi connectivity index (χ2v) is 5.81. The minimum Gasteiger partial charge on any atom is -0.497 e. The molecule has 0 saturated carbocycles. The predicted molar refractivity (Wildman–Crippen MR) is 83.0 cm³/mol. The van der Waals surface area contributed by atoms with Crippen molar-refractivity contribution in [2.24, 2.45) is 0 Å².